The van der Waals surface area contributed by atoms with Gasteiger partial charge in [0.2, 0.25) is 5.91 Å². The normalized spacial score (nSPS) is 11.1. The number of hydrogen-bond donors (Lipinski definition) is 2. The third-order valence-corrected chi connectivity index (χ3v) is 8.49. The lowest BCUT2D eigenvalue weighted by Gasteiger charge is -2.10. The van der Waals surface area contributed by atoms with Crippen LogP contribution in [0.15, 0.2) is 77.3 Å². The first-order valence-electron chi connectivity index (χ1n) is 11.5. The third-order valence-electron chi connectivity index (χ3n) is 5.58. The number of thiazole rings is 1. The van der Waals surface area contributed by atoms with Crippen LogP contribution in [0.4, 0.5) is 5.13 Å². The lowest BCUT2D eigenvalue weighted by Crippen LogP contribution is -2.33. The summed E-state index contributed by atoms with van der Waals surface area (Å²) in [6, 6.07) is 17.0. The van der Waals surface area contributed by atoms with Crippen LogP contribution in [0.1, 0.15) is 29.8 Å². The Morgan fingerprint density at radius 1 is 1.03 bits per heavy atom. The Bertz CT molecular complexity index is 1640. The number of nitrogens with zero attached hydrogens (tertiary/aromatic N) is 3. The van der Waals surface area contributed by atoms with E-state index in [1.54, 1.807) is 43.8 Å². The van der Waals surface area contributed by atoms with Crippen LogP contribution in [0.2, 0.25) is 0 Å². The Morgan fingerprint density at radius 2 is 1.76 bits per heavy atom. The van der Waals surface area contributed by atoms with Crippen LogP contribution in [0.25, 0.3) is 22.4 Å². The maximum atomic E-state index is 12.5. The van der Waals surface area contributed by atoms with Crippen molar-refractivity contribution >= 4 is 38.1 Å². The van der Waals surface area contributed by atoms with E-state index in [2.05, 4.69) is 26.7 Å². The molecule has 11 heteroatoms. The molecule has 0 aliphatic rings. The molecular formula is C27H23N5O4S2. The van der Waals surface area contributed by atoms with Crippen molar-refractivity contribution in [1.29, 1.82) is 5.26 Å². The van der Waals surface area contributed by atoms with Crippen LogP contribution in [0, 0.1) is 11.3 Å². The van der Waals surface area contributed by atoms with Crippen molar-refractivity contribution in [3.63, 3.8) is 0 Å². The molecule has 0 unspecified atom stereocenters. The number of nitriles is 1. The maximum absolute atomic E-state index is 12.5. The zero-order chi connectivity index (χ0) is 27.3. The van der Waals surface area contributed by atoms with Crippen molar-refractivity contribution in [3.8, 4) is 28.5 Å². The van der Waals surface area contributed by atoms with Crippen LogP contribution in [-0.4, -0.2) is 42.0 Å². The molecule has 0 saturated carbocycles. The van der Waals surface area contributed by atoms with Crippen LogP contribution in [0.3, 0.4) is 0 Å². The van der Waals surface area contributed by atoms with E-state index in [0.29, 0.717) is 16.4 Å². The van der Waals surface area contributed by atoms with Crippen LogP contribution in [0.5, 0.6) is 0 Å². The zero-order valence-electron chi connectivity index (χ0n) is 20.5. The predicted molar refractivity (Wildman–Crippen MR) is 145 cm³/mol. The average molecular weight is 546 g/mol. The van der Waals surface area contributed by atoms with E-state index in [1.165, 1.54) is 35.6 Å². The number of sulfone groups is 1. The molecule has 0 atom stereocenters. The summed E-state index contributed by atoms with van der Waals surface area (Å²) in [5, 5.41) is 16.1. The highest BCUT2D eigenvalue weighted by Crippen LogP contribution is 2.30. The number of carbonyl (C=O) groups excluding carboxylic acids is 2. The van der Waals surface area contributed by atoms with E-state index in [1.807, 2.05) is 18.2 Å². The van der Waals surface area contributed by atoms with Crippen molar-refractivity contribution < 1.29 is 18.0 Å². The van der Waals surface area contributed by atoms with Crippen molar-refractivity contribution in [2.45, 2.75) is 24.0 Å². The fourth-order valence-corrected chi connectivity index (χ4v) is 5.37. The molecule has 9 nitrogen and oxygen atoms in total. The van der Waals surface area contributed by atoms with Gasteiger partial charge in [-0.05, 0) is 73.5 Å². The smallest absolute Gasteiger partial charge is 0.251 e. The number of carbonyl (C=O) groups is 2. The molecule has 0 spiro atoms. The van der Waals surface area contributed by atoms with Crippen LogP contribution < -0.4 is 10.6 Å². The minimum Gasteiger partial charge on any atom is -0.343 e. The van der Waals surface area contributed by atoms with E-state index in [-0.39, 0.29) is 17.0 Å². The van der Waals surface area contributed by atoms with Crippen LogP contribution >= 0.6 is 11.3 Å². The fourth-order valence-electron chi connectivity index (χ4n) is 3.53. The maximum Gasteiger partial charge on any atom is 0.251 e. The molecule has 192 valence electrons. The van der Waals surface area contributed by atoms with Gasteiger partial charge in [0.15, 0.2) is 15.0 Å². The number of pyridine rings is 1. The van der Waals surface area contributed by atoms with E-state index >= 15 is 0 Å². The molecule has 38 heavy (non-hydrogen) atoms. The fraction of sp³-hybridized carbons (Fsp3) is 0.148. The molecular weight excluding hydrogens is 522 g/mol. The number of anilines is 1. The van der Waals surface area contributed by atoms with E-state index in [4.69, 9.17) is 0 Å². The monoisotopic (exact) mass is 545 g/mol. The van der Waals surface area contributed by atoms with Gasteiger partial charge in [-0.3, -0.25) is 14.6 Å². The van der Waals surface area contributed by atoms with Gasteiger partial charge in [-0.15, -0.1) is 11.3 Å². The molecule has 0 saturated heterocycles. The Balaban J connectivity index is 1.42. The largest absolute Gasteiger partial charge is 0.343 e. The SMILES string of the molecule is CC(C)S(=O)(=O)c1cccc(C(=O)NCC(=O)Nc2nc(-c3cc(C#N)cc(-c4ccncc4)c3)cs2)c1. The summed E-state index contributed by atoms with van der Waals surface area (Å²) in [6.45, 7) is 2.80. The second-order valence-electron chi connectivity index (χ2n) is 8.54. The first-order valence-corrected chi connectivity index (χ1v) is 13.9. The molecule has 0 aliphatic heterocycles. The van der Waals surface area contributed by atoms with Gasteiger partial charge in [0.1, 0.15) is 0 Å². The van der Waals surface area contributed by atoms with Gasteiger partial charge in [0, 0.05) is 28.9 Å². The highest BCUT2D eigenvalue weighted by atomic mass is 32.2. The van der Waals surface area contributed by atoms with Gasteiger partial charge in [0.25, 0.3) is 5.91 Å². The highest BCUT2D eigenvalue weighted by Gasteiger charge is 2.20. The number of benzene rings is 2. The predicted octanol–water partition coefficient (Wildman–Crippen LogP) is 4.29. The quantitative estimate of drug-likeness (QED) is 0.336. The number of nitrogens with one attached hydrogen (secondary N) is 2. The summed E-state index contributed by atoms with van der Waals surface area (Å²) in [4.78, 5) is 33.5. The number of rotatable bonds is 8. The minimum atomic E-state index is -3.54. The van der Waals surface area contributed by atoms with Crippen molar-refractivity contribution in [2.24, 2.45) is 0 Å². The van der Waals surface area contributed by atoms with Gasteiger partial charge in [-0.1, -0.05) is 6.07 Å². The van der Waals surface area contributed by atoms with Gasteiger partial charge in [-0.25, -0.2) is 13.4 Å². The standard InChI is InChI=1S/C27H23N5O4S2/c1-17(2)38(35,36)23-5-3-4-20(13-23)26(34)30-15-25(33)32-27-31-24(16-37-27)22-11-18(14-28)10-21(12-22)19-6-8-29-9-7-19/h3-13,16-17H,15H2,1-2H3,(H,30,34)(H,31,32,33). The molecule has 0 radical (unpaired) electrons. The molecule has 2 amide bonds. The second kappa shape index (κ2) is 11.3. The zero-order valence-corrected chi connectivity index (χ0v) is 22.1. The lowest BCUT2D eigenvalue weighted by molar-refractivity contribution is -0.115. The Hall–Kier alpha value is -4.40. The molecule has 2 aromatic heterocycles. The lowest BCUT2D eigenvalue weighted by atomic mass is 10.00. The molecule has 2 heterocycles. The van der Waals surface area contributed by atoms with E-state index in [0.717, 1.165) is 16.7 Å². The molecule has 0 fully saturated rings. The highest BCUT2D eigenvalue weighted by molar-refractivity contribution is 7.92. The molecule has 4 aromatic rings. The van der Waals surface area contributed by atoms with Gasteiger partial charge >= 0.3 is 0 Å². The molecule has 4 rings (SSSR count). The Labute approximate surface area is 224 Å². The van der Waals surface area contributed by atoms with Crippen LogP contribution in [-0.2, 0) is 14.6 Å². The summed E-state index contributed by atoms with van der Waals surface area (Å²) in [5.74, 6) is -1.06. The number of aromatic nitrogens is 2. The summed E-state index contributed by atoms with van der Waals surface area (Å²) >= 11 is 1.21. The van der Waals surface area contributed by atoms with Gasteiger partial charge in [-0.2, -0.15) is 5.26 Å². The van der Waals surface area contributed by atoms with E-state index < -0.39 is 26.9 Å². The van der Waals surface area contributed by atoms with Crippen molar-refractivity contribution in [1.82, 2.24) is 15.3 Å². The first-order chi connectivity index (χ1) is 18.2. The molecule has 2 aromatic carbocycles. The van der Waals surface area contributed by atoms with E-state index in [9.17, 15) is 23.3 Å². The molecule has 0 aliphatic carbocycles. The second-order valence-corrected chi connectivity index (χ2v) is 11.9. The molecule has 0 bridgehead atoms. The number of hydrogen-bond acceptors (Lipinski definition) is 8. The average Bonchev–Trinajstić information content (AvgIpc) is 3.40. The Kier molecular flexibility index (Phi) is 7.95. The minimum absolute atomic E-state index is 0.0486. The summed E-state index contributed by atoms with van der Waals surface area (Å²) in [6.07, 6.45) is 3.35. The molecule has 2 N–H and O–H groups in total. The van der Waals surface area contributed by atoms with Gasteiger partial charge < -0.3 is 10.6 Å². The first kappa shape index (κ1) is 26.7. The topological polar surface area (TPSA) is 142 Å². The Morgan fingerprint density at radius 3 is 2.47 bits per heavy atom. The van der Waals surface area contributed by atoms with Gasteiger partial charge in [0.05, 0.1) is 34.0 Å². The summed E-state index contributed by atoms with van der Waals surface area (Å²) < 4.78 is 24.8. The van der Waals surface area contributed by atoms with Crippen molar-refractivity contribution in [3.05, 3.63) is 83.5 Å². The summed E-state index contributed by atoms with van der Waals surface area (Å²) in [7, 11) is -3.54. The van der Waals surface area contributed by atoms with Crippen molar-refractivity contribution in [2.75, 3.05) is 11.9 Å². The third kappa shape index (κ3) is 6.11. The number of amides is 2. The summed E-state index contributed by atoms with van der Waals surface area (Å²) in [5.41, 5.74) is 3.67.